The molecular formula is C4H2Cl2O3S2. The highest BCUT2D eigenvalue weighted by Gasteiger charge is 2.17. The van der Waals surface area contributed by atoms with Gasteiger partial charge in [-0.05, 0) is 6.07 Å². The van der Waals surface area contributed by atoms with Gasteiger partial charge in [0.15, 0.2) is 4.21 Å². The Morgan fingerprint density at radius 1 is 1.45 bits per heavy atom. The largest absolute Gasteiger partial charge is 0.305 e. The summed E-state index contributed by atoms with van der Waals surface area (Å²) in [5.74, 6) is 0. The molecule has 0 atom stereocenters. The fourth-order valence-corrected chi connectivity index (χ4v) is 3.12. The Morgan fingerprint density at radius 3 is 2.18 bits per heavy atom. The van der Waals surface area contributed by atoms with Crippen LogP contribution in [0.15, 0.2) is 10.3 Å². The van der Waals surface area contributed by atoms with E-state index in [1.165, 1.54) is 6.07 Å². The van der Waals surface area contributed by atoms with Crippen LogP contribution in [0.1, 0.15) is 0 Å². The molecule has 1 aromatic heterocycles. The maximum absolute atomic E-state index is 10.5. The molecule has 0 bridgehead atoms. The van der Waals surface area contributed by atoms with Gasteiger partial charge in [-0.2, -0.15) is 8.42 Å². The van der Waals surface area contributed by atoms with Crippen molar-refractivity contribution in [2.24, 2.45) is 0 Å². The van der Waals surface area contributed by atoms with Crippen LogP contribution in [0, 0.1) is 0 Å². The normalized spacial score (nSPS) is 11.9. The molecule has 0 saturated carbocycles. The Kier molecular flexibility index (Phi) is 2.46. The van der Waals surface area contributed by atoms with Crippen LogP contribution < -0.4 is 0 Å². The van der Waals surface area contributed by atoms with Gasteiger partial charge in [-0.25, -0.2) is 0 Å². The lowest BCUT2D eigenvalue weighted by molar-refractivity contribution is 0.485. The highest BCUT2D eigenvalue weighted by Crippen LogP contribution is 2.33. The van der Waals surface area contributed by atoms with E-state index in [4.69, 9.17) is 27.8 Å². The molecule has 7 heteroatoms. The summed E-state index contributed by atoms with van der Waals surface area (Å²) in [6.07, 6.45) is 0. The summed E-state index contributed by atoms with van der Waals surface area (Å²) in [6.45, 7) is 0. The highest BCUT2D eigenvalue weighted by molar-refractivity contribution is 7.88. The molecule has 0 unspecified atom stereocenters. The Morgan fingerprint density at radius 2 is 2.00 bits per heavy atom. The van der Waals surface area contributed by atoms with Crippen molar-refractivity contribution in [2.45, 2.75) is 4.21 Å². The number of rotatable bonds is 1. The standard InChI is InChI=1S/C4H2Cl2O3S2/c5-2-1-3(6)10-4(2)11(7,8)9/h1H,(H,7,8,9). The van der Waals surface area contributed by atoms with Crippen LogP contribution in [0.4, 0.5) is 0 Å². The molecule has 0 amide bonds. The summed E-state index contributed by atoms with van der Waals surface area (Å²) in [4.78, 5) is 0. The lowest BCUT2D eigenvalue weighted by Crippen LogP contribution is -1.94. The van der Waals surface area contributed by atoms with Gasteiger partial charge in [0.05, 0.1) is 9.36 Å². The smallest absolute Gasteiger partial charge is 0.281 e. The topological polar surface area (TPSA) is 54.4 Å². The van der Waals surface area contributed by atoms with Gasteiger partial charge in [0, 0.05) is 0 Å². The molecule has 3 nitrogen and oxygen atoms in total. The summed E-state index contributed by atoms with van der Waals surface area (Å²) in [7, 11) is -4.21. The minimum atomic E-state index is -4.21. The van der Waals surface area contributed by atoms with Crippen molar-refractivity contribution in [1.82, 2.24) is 0 Å². The third kappa shape index (κ3) is 2.07. The van der Waals surface area contributed by atoms with E-state index in [0.717, 1.165) is 0 Å². The zero-order valence-corrected chi connectivity index (χ0v) is 8.06. The number of hydrogen-bond acceptors (Lipinski definition) is 3. The SMILES string of the molecule is O=S(=O)(O)c1sc(Cl)cc1Cl. The molecule has 0 aromatic carbocycles. The molecule has 1 N–H and O–H groups in total. The van der Waals surface area contributed by atoms with Crippen molar-refractivity contribution in [3.63, 3.8) is 0 Å². The van der Waals surface area contributed by atoms with E-state index in [1.54, 1.807) is 0 Å². The van der Waals surface area contributed by atoms with E-state index in [9.17, 15) is 8.42 Å². The predicted octanol–water partition coefficient (Wildman–Crippen LogP) is 2.30. The number of hydrogen-bond donors (Lipinski definition) is 1. The van der Waals surface area contributed by atoms with Crippen molar-refractivity contribution >= 4 is 44.7 Å². The van der Waals surface area contributed by atoms with Crippen molar-refractivity contribution < 1.29 is 13.0 Å². The van der Waals surface area contributed by atoms with E-state index >= 15 is 0 Å². The summed E-state index contributed by atoms with van der Waals surface area (Å²) >= 11 is 11.6. The molecule has 0 fully saturated rings. The first-order valence-corrected chi connectivity index (χ1v) is 5.35. The maximum Gasteiger partial charge on any atom is 0.305 e. The van der Waals surface area contributed by atoms with Gasteiger partial charge in [-0.3, -0.25) is 4.55 Å². The molecule has 0 saturated heterocycles. The van der Waals surface area contributed by atoms with Gasteiger partial charge in [-0.1, -0.05) is 23.2 Å². The summed E-state index contributed by atoms with van der Waals surface area (Å²) < 4.78 is 29.4. The monoisotopic (exact) mass is 232 g/mol. The first kappa shape index (κ1) is 9.28. The Hall–Kier alpha value is 0.190. The first-order valence-electron chi connectivity index (χ1n) is 2.33. The van der Waals surface area contributed by atoms with Gasteiger partial charge in [-0.15, -0.1) is 11.3 Å². The Bertz CT molecular complexity index is 367. The minimum Gasteiger partial charge on any atom is -0.281 e. The van der Waals surface area contributed by atoms with E-state index < -0.39 is 10.1 Å². The average Bonchev–Trinajstić information content (AvgIpc) is 2.08. The van der Waals surface area contributed by atoms with Crippen LogP contribution >= 0.6 is 34.5 Å². The number of halogens is 2. The zero-order valence-electron chi connectivity index (χ0n) is 4.91. The van der Waals surface area contributed by atoms with Gasteiger partial charge >= 0.3 is 10.1 Å². The molecule has 0 radical (unpaired) electrons. The van der Waals surface area contributed by atoms with Crippen molar-refractivity contribution in [3.8, 4) is 0 Å². The van der Waals surface area contributed by atoms with Gasteiger partial charge < -0.3 is 0 Å². The third-order valence-corrected chi connectivity index (χ3v) is 4.01. The van der Waals surface area contributed by atoms with Gasteiger partial charge in [0.25, 0.3) is 0 Å². The predicted molar refractivity (Wildman–Crippen MR) is 44.2 cm³/mol. The van der Waals surface area contributed by atoms with Crippen LogP contribution in [0.3, 0.4) is 0 Å². The Balaban J connectivity index is 3.36. The summed E-state index contributed by atoms with van der Waals surface area (Å²) in [6, 6.07) is 1.26. The van der Waals surface area contributed by atoms with Crippen LogP contribution in [-0.2, 0) is 10.1 Å². The van der Waals surface area contributed by atoms with Crippen molar-refractivity contribution in [1.29, 1.82) is 0 Å². The second-order valence-corrected chi connectivity index (χ2v) is 5.37. The van der Waals surface area contributed by atoms with E-state index in [1.807, 2.05) is 0 Å². The second kappa shape index (κ2) is 2.91. The Labute approximate surface area is 77.3 Å². The lowest BCUT2D eigenvalue weighted by Gasteiger charge is -1.88. The third-order valence-electron chi connectivity index (χ3n) is 0.860. The van der Waals surface area contributed by atoms with Crippen LogP contribution in [-0.4, -0.2) is 13.0 Å². The fourth-order valence-electron chi connectivity index (χ4n) is 0.501. The maximum atomic E-state index is 10.5. The van der Waals surface area contributed by atoms with Crippen LogP contribution in [0.5, 0.6) is 0 Å². The summed E-state index contributed by atoms with van der Waals surface area (Å²) in [5.41, 5.74) is 0. The molecule has 0 aliphatic carbocycles. The molecule has 62 valence electrons. The highest BCUT2D eigenvalue weighted by atomic mass is 35.5. The molecule has 1 rings (SSSR count). The first-order chi connectivity index (χ1) is 4.91. The fraction of sp³-hybridized carbons (Fsp3) is 0. The van der Waals surface area contributed by atoms with Crippen LogP contribution in [0.25, 0.3) is 0 Å². The molecule has 0 aliphatic heterocycles. The summed E-state index contributed by atoms with van der Waals surface area (Å²) in [5, 5.41) is -0.0532. The van der Waals surface area contributed by atoms with E-state index in [-0.39, 0.29) is 13.6 Å². The molecule has 0 aliphatic rings. The van der Waals surface area contributed by atoms with Gasteiger partial charge in [0.1, 0.15) is 0 Å². The minimum absolute atomic E-state index is 0.0532. The molecule has 1 aromatic rings. The van der Waals surface area contributed by atoms with Crippen molar-refractivity contribution in [3.05, 3.63) is 15.4 Å². The molecule has 1 heterocycles. The number of thiophene rings is 1. The quantitative estimate of drug-likeness (QED) is 0.757. The van der Waals surface area contributed by atoms with Crippen molar-refractivity contribution in [2.75, 3.05) is 0 Å². The molecule has 0 spiro atoms. The zero-order chi connectivity index (χ0) is 8.65. The van der Waals surface area contributed by atoms with Gasteiger partial charge in [0.2, 0.25) is 0 Å². The van der Waals surface area contributed by atoms with Crippen LogP contribution in [0.2, 0.25) is 9.36 Å². The molecule has 11 heavy (non-hydrogen) atoms. The molecular weight excluding hydrogens is 231 g/mol. The van der Waals surface area contributed by atoms with E-state index in [0.29, 0.717) is 11.3 Å². The average molecular weight is 233 g/mol. The van der Waals surface area contributed by atoms with E-state index in [2.05, 4.69) is 0 Å². The lowest BCUT2D eigenvalue weighted by atomic mass is 10.7. The second-order valence-electron chi connectivity index (χ2n) is 1.66.